The minimum Gasteiger partial charge on any atom is -0.359 e. The highest BCUT2D eigenvalue weighted by atomic mass is 16.6. The molecule has 1 aromatic rings. The van der Waals surface area contributed by atoms with Crippen LogP contribution < -0.4 is 5.32 Å². The summed E-state index contributed by atoms with van der Waals surface area (Å²) in [6.07, 6.45) is 2.37. The molecule has 1 fully saturated rings. The van der Waals surface area contributed by atoms with Crippen LogP contribution in [0.15, 0.2) is 0 Å². The zero-order chi connectivity index (χ0) is 14.4. The number of aryl methyl sites for hydroxylation is 1. The Kier molecular flexibility index (Phi) is 3.28. The molecule has 1 aliphatic rings. The van der Waals surface area contributed by atoms with Crippen LogP contribution in [0.4, 0.5) is 11.5 Å². The van der Waals surface area contributed by atoms with Crippen molar-refractivity contribution in [2.24, 2.45) is 13.0 Å². The lowest BCUT2D eigenvalue weighted by Gasteiger charge is -2.26. The largest absolute Gasteiger partial charge is 0.359 e. The summed E-state index contributed by atoms with van der Waals surface area (Å²) in [5.41, 5.74) is 0.528. The third kappa shape index (κ3) is 2.57. The molecule has 0 atom stereocenters. The molecule has 0 unspecified atom stereocenters. The van der Waals surface area contributed by atoms with Gasteiger partial charge < -0.3 is 5.32 Å². The van der Waals surface area contributed by atoms with E-state index in [2.05, 4.69) is 24.3 Å². The number of nitrogens with zero attached hydrogens (tertiary/aromatic N) is 3. The molecular formula is C13H22N4O2. The van der Waals surface area contributed by atoms with Crippen LogP contribution >= 0.6 is 0 Å². The van der Waals surface area contributed by atoms with E-state index in [9.17, 15) is 10.1 Å². The third-order valence-electron chi connectivity index (χ3n) is 3.82. The number of nitro groups is 1. The van der Waals surface area contributed by atoms with Gasteiger partial charge in [0.1, 0.15) is 5.69 Å². The van der Waals surface area contributed by atoms with Crippen LogP contribution in [-0.4, -0.2) is 20.2 Å². The minimum atomic E-state index is -0.326. The molecule has 0 aromatic carbocycles. The Balaban J connectivity index is 2.41. The quantitative estimate of drug-likeness (QED) is 0.656. The molecule has 0 spiro atoms. The lowest BCUT2D eigenvalue weighted by atomic mass is 9.98. The Morgan fingerprint density at radius 1 is 1.47 bits per heavy atom. The number of nitrogens with one attached hydrogen (secondary N) is 1. The van der Waals surface area contributed by atoms with E-state index >= 15 is 0 Å². The number of rotatable bonds is 5. The number of anilines is 1. The van der Waals surface area contributed by atoms with E-state index in [1.807, 2.05) is 13.8 Å². The van der Waals surface area contributed by atoms with E-state index < -0.39 is 0 Å². The maximum atomic E-state index is 11.3. The van der Waals surface area contributed by atoms with Crippen molar-refractivity contribution in [3.63, 3.8) is 0 Å². The van der Waals surface area contributed by atoms with Crippen molar-refractivity contribution < 1.29 is 4.92 Å². The fourth-order valence-corrected chi connectivity index (χ4v) is 2.45. The zero-order valence-corrected chi connectivity index (χ0v) is 12.2. The van der Waals surface area contributed by atoms with Crippen LogP contribution in [0.2, 0.25) is 0 Å². The van der Waals surface area contributed by atoms with Gasteiger partial charge in [0.25, 0.3) is 0 Å². The van der Waals surface area contributed by atoms with Crippen LogP contribution in [0.1, 0.15) is 52.1 Å². The number of hydrogen-bond donors (Lipinski definition) is 1. The van der Waals surface area contributed by atoms with Crippen molar-refractivity contribution in [2.45, 2.75) is 52.0 Å². The topological polar surface area (TPSA) is 73.0 Å². The van der Waals surface area contributed by atoms with Crippen molar-refractivity contribution in [3.05, 3.63) is 15.8 Å². The Morgan fingerprint density at radius 3 is 2.47 bits per heavy atom. The van der Waals surface area contributed by atoms with Crippen LogP contribution in [0.3, 0.4) is 0 Å². The van der Waals surface area contributed by atoms with Crippen LogP contribution in [0.5, 0.6) is 0 Å². The average molecular weight is 266 g/mol. The van der Waals surface area contributed by atoms with Crippen LogP contribution in [0.25, 0.3) is 0 Å². The van der Waals surface area contributed by atoms with Crippen molar-refractivity contribution >= 4 is 11.5 Å². The molecule has 2 rings (SSSR count). The Bertz CT molecular complexity index is 501. The van der Waals surface area contributed by atoms with Gasteiger partial charge in [-0.25, -0.2) is 4.68 Å². The molecule has 19 heavy (non-hydrogen) atoms. The molecule has 0 bridgehead atoms. The summed E-state index contributed by atoms with van der Waals surface area (Å²) < 4.78 is 1.59. The van der Waals surface area contributed by atoms with Gasteiger partial charge in [-0.05, 0) is 32.6 Å². The summed E-state index contributed by atoms with van der Waals surface area (Å²) in [6.45, 7) is 8.03. The van der Waals surface area contributed by atoms with Gasteiger partial charge in [-0.15, -0.1) is 0 Å². The van der Waals surface area contributed by atoms with Crippen LogP contribution in [-0.2, 0) is 7.05 Å². The monoisotopic (exact) mass is 266 g/mol. The molecule has 6 heteroatoms. The Labute approximate surface area is 113 Å². The van der Waals surface area contributed by atoms with Gasteiger partial charge in [-0.3, -0.25) is 10.1 Å². The fraction of sp³-hybridized carbons (Fsp3) is 0.769. The predicted octanol–water partition coefficient (Wildman–Crippen LogP) is 3.05. The van der Waals surface area contributed by atoms with Gasteiger partial charge in [0, 0.05) is 18.5 Å². The molecule has 0 saturated heterocycles. The van der Waals surface area contributed by atoms with Crippen molar-refractivity contribution in [3.8, 4) is 0 Å². The molecular weight excluding hydrogens is 244 g/mol. The Hall–Kier alpha value is -1.59. The first-order valence-electron chi connectivity index (χ1n) is 6.73. The summed E-state index contributed by atoms with van der Waals surface area (Å²) in [7, 11) is 1.75. The van der Waals surface area contributed by atoms with Crippen molar-refractivity contribution in [1.82, 2.24) is 9.78 Å². The van der Waals surface area contributed by atoms with Gasteiger partial charge in [-0.1, -0.05) is 13.8 Å². The van der Waals surface area contributed by atoms with E-state index in [1.54, 1.807) is 11.7 Å². The zero-order valence-electron chi connectivity index (χ0n) is 12.2. The second-order valence-corrected chi connectivity index (χ2v) is 6.24. The van der Waals surface area contributed by atoms with Gasteiger partial charge in [0.05, 0.1) is 4.92 Å². The van der Waals surface area contributed by atoms with Gasteiger partial charge in [0.2, 0.25) is 5.82 Å². The van der Waals surface area contributed by atoms with E-state index in [0.717, 1.165) is 0 Å². The first-order valence-corrected chi connectivity index (χ1v) is 6.73. The number of aromatic nitrogens is 2. The van der Waals surface area contributed by atoms with E-state index in [1.165, 1.54) is 12.8 Å². The molecule has 106 valence electrons. The van der Waals surface area contributed by atoms with Crippen molar-refractivity contribution in [1.29, 1.82) is 0 Å². The van der Waals surface area contributed by atoms with E-state index in [4.69, 9.17) is 0 Å². The van der Waals surface area contributed by atoms with E-state index in [-0.39, 0.29) is 22.1 Å². The molecule has 1 saturated carbocycles. The molecule has 1 aliphatic carbocycles. The van der Waals surface area contributed by atoms with Gasteiger partial charge in [-0.2, -0.15) is 5.10 Å². The smallest absolute Gasteiger partial charge is 0.334 e. The minimum absolute atomic E-state index is 0.0335. The average Bonchev–Trinajstić information content (AvgIpc) is 3.06. The van der Waals surface area contributed by atoms with Gasteiger partial charge in [0.15, 0.2) is 0 Å². The second kappa shape index (κ2) is 4.51. The normalized spacial score (nSPS) is 15.9. The van der Waals surface area contributed by atoms with Crippen LogP contribution in [0, 0.1) is 16.0 Å². The first kappa shape index (κ1) is 13.8. The SMILES string of the molecule is CC(C)c1nn(C)c(NC(C)(C)C2CC2)c1[N+](=O)[O-]. The summed E-state index contributed by atoms with van der Waals surface area (Å²) in [5.74, 6) is 1.14. The summed E-state index contributed by atoms with van der Waals surface area (Å²) in [5, 5.41) is 19.0. The summed E-state index contributed by atoms with van der Waals surface area (Å²) >= 11 is 0. The summed E-state index contributed by atoms with van der Waals surface area (Å²) in [6, 6.07) is 0. The maximum absolute atomic E-state index is 11.3. The predicted molar refractivity (Wildman–Crippen MR) is 74.4 cm³/mol. The molecule has 1 aromatic heterocycles. The highest BCUT2D eigenvalue weighted by molar-refractivity contribution is 5.61. The van der Waals surface area contributed by atoms with Crippen molar-refractivity contribution in [2.75, 3.05) is 5.32 Å². The molecule has 1 N–H and O–H groups in total. The Morgan fingerprint density at radius 2 is 2.05 bits per heavy atom. The third-order valence-corrected chi connectivity index (χ3v) is 3.82. The molecule has 1 heterocycles. The van der Waals surface area contributed by atoms with Gasteiger partial charge >= 0.3 is 5.69 Å². The molecule has 0 amide bonds. The first-order chi connectivity index (χ1) is 8.74. The number of hydrogen-bond acceptors (Lipinski definition) is 4. The highest BCUT2D eigenvalue weighted by Crippen LogP contribution is 2.43. The molecule has 0 aliphatic heterocycles. The second-order valence-electron chi connectivity index (χ2n) is 6.24. The lowest BCUT2D eigenvalue weighted by molar-refractivity contribution is -0.384. The lowest BCUT2D eigenvalue weighted by Crippen LogP contribution is -2.34. The highest BCUT2D eigenvalue weighted by Gasteiger charge is 2.40. The summed E-state index contributed by atoms with van der Waals surface area (Å²) in [4.78, 5) is 11.0. The molecule has 0 radical (unpaired) electrons. The standard InChI is InChI=1S/C13H22N4O2/c1-8(2)10-11(17(18)19)12(16(5)15-10)14-13(3,4)9-6-7-9/h8-9,14H,6-7H2,1-5H3. The van der Waals surface area contributed by atoms with E-state index in [0.29, 0.717) is 17.4 Å². The molecule has 6 nitrogen and oxygen atoms in total. The fourth-order valence-electron chi connectivity index (χ4n) is 2.45. The maximum Gasteiger partial charge on any atom is 0.334 e.